The Morgan fingerprint density at radius 2 is 1.74 bits per heavy atom. The van der Waals surface area contributed by atoms with Gasteiger partial charge in [-0.1, -0.05) is 69.0 Å². The van der Waals surface area contributed by atoms with Crippen molar-refractivity contribution in [3.63, 3.8) is 0 Å². The summed E-state index contributed by atoms with van der Waals surface area (Å²) in [6.07, 6.45) is 0.936. The summed E-state index contributed by atoms with van der Waals surface area (Å²) in [4.78, 5) is 0.239. The van der Waals surface area contributed by atoms with E-state index in [1.165, 1.54) is 16.7 Å². The van der Waals surface area contributed by atoms with Crippen molar-refractivity contribution >= 4 is 39.1 Å². The van der Waals surface area contributed by atoms with Crippen molar-refractivity contribution in [1.29, 1.82) is 0 Å². The normalized spacial score (nSPS) is 12.5. The minimum atomic E-state index is 0.239. The molecule has 0 aliphatic heterocycles. The van der Waals surface area contributed by atoms with Crippen LogP contribution in [0.5, 0.6) is 0 Å². The molecule has 0 nitrogen and oxygen atoms in total. The van der Waals surface area contributed by atoms with Crippen molar-refractivity contribution < 1.29 is 0 Å². The zero-order valence-corrected chi connectivity index (χ0v) is 14.0. The van der Waals surface area contributed by atoms with Gasteiger partial charge < -0.3 is 0 Å². The summed E-state index contributed by atoms with van der Waals surface area (Å²) in [5.74, 6) is 0. The molecular formula is C16H15BrCl2. The van der Waals surface area contributed by atoms with Crippen LogP contribution in [0.2, 0.25) is 10.0 Å². The quantitative estimate of drug-likeness (QED) is 0.566. The monoisotopic (exact) mass is 356 g/mol. The predicted molar refractivity (Wildman–Crippen MR) is 87.8 cm³/mol. The Balaban J connectivity index is 2.22. The molecule has 0 aliphatic rings. The number of alkyl halides is 1. The molecule has 2 aromatic carbocycles. The number of hydrogen-bond acceptors (Lipinski definition) is 0. The number of hydrogen-bond donors (Lipinski definition) is 0. The molecule has 1 unspecified atom stereocenters. The molecule has 0 aromatic heterocycles. The Bertz CT molecular complexity index is 593. The highest BCUT2D eigenvalue weighted by Crippen LogP contribution is 2.32. The summed E-state index contributed by atoms with van der Waals surface area (Å²) in [5, 5.41) is 1.20. The van der Waals surface area contributed by atoms with Crippen LogP contribution in [0.4, 0.5) is 0 Å². The lowest BCUT2D eigenvalue weighted by molar-refractivity contribution is 0.936. The first-order valence-corrected chi connectivity index (χ1v) is 7.79. The third-order valence-corrected chi connectivity index (χ3v) is 4.80. The molecule has 1 atom stereocenters. The van der Waals surface area contributed by atoms with Gasteiger partial charge in [0.15, 0.2) is 0 Å². The smallest absolute Gasteiger partial charge is 0.0595 e. The van der Waals surface area contributed by atoms with Crippen LogP contribution < -0.4 is 0 Å². The van der Waals surface area contributed by atoms with E-state index in [4.69, 9.17) is 23.2 Å². The van der Waals surface area contributed by atoms with Gasteiger partial charge in [0.2, 0.25) is 0 Å². The maximum atomic E-state index is 6.06. The van der Waals surface area contributed by atoms with Gasteiger partial charge in [0.25, 0.3) is 0 Å². The summed E-state index contributed by atoms with van der Waals surface area (Å²) >= 11 is 15.7. The van der Waals surface area contributed by atoms with Crippen LogP contribution in [0.3, 0.4) is 0 Å². The molecule has 2 rings (SSSR count). The fourth-order valence-corrected chi connectivity index (χ4v) is 2.98. The third-order valence-electron chi connectivity index (χ3n) is 3.21. The van der Waals surface area contributed by atoms with E-state index in [1.807, 2.05) is 18.2 Å². The van der Waals surface area contributed by atoms with E-state index >= 15 is 0 Å². The molecule has 0 N–H and O–H groups in total. The number of halogens is 3. The van der Waals surface area contributed by atoms with Gasteiger partial charge in [-0.05, 0) is 49.1 Å². The Morgan fingerprint density at radius 3 is 2.42 bits per heavy atom. The number of rotatable bonds is 3. The van der Waals surface area contributed by atoms with Gasteiger partial charge in [-0.2, -0.15) is 0 Å². The van der Waals surface area contributed by atoms with Gasteiger partial charge in [0.1, 0.15) is 0 Å². The van der Waals surface area contributed by atoms with Crippen LogP contribution in [0.1, 0.15) is 27.1 Å². The third kappa shape index (κ3) is 3.75. The Labute approximate surface area is 132 Å². The van der Waals surface area contributed by atoms with Crippen molar-refractivity contribution in [2.75, 3.05) is 0 Å². The van der Waals surface area contributed by atoms with Gasteiger partial charge in [0, 0.05) is 4.83 Å². The van der Waals surface area contributed by atoms with Crippen LogP contribution >= 0.6 is 39.1 Å². The van der Waals surface area contributed by atoms with Crippen molar-refractivity contribution in [3.8, 4) is 0 Å². The van der Waals surface area contributed by atoms with E-state index in [2.05, 4.69) is 48.0 Å². The molecule has 3 heteroatoms. The minimum Gasteiger partial charge on any atom is -0.0835 e. The first-order valence-electron chi connectivity index (χ1n) is 6.12. The maximum absolute atomic E-state index is 6.06. The summed E-state index contributed by atoms with van der Waals surface area (Å²) in [5.41, 5.74) is 5.10. The van der Waals surface area contributed by atoms with Crippen LogP contribution in [0.25, 0.3) is 0 Å². The maximum Gasteiger partial charge on any atom is 0.0595 e. The first-order chi connectivity index (χ1) is 8.97. The van der Waals surface area contributed by atoms with Gasteiger partial charge >= 0.3 is 0 Å². The minimum absolute atomic E-state index is 0.239. The molecule has 0 saturated carbocycles. The molecular weight excluding hydrogens is 343 g/mol. The average Bonchev–Trinajstić information content (AvgIpc) is 2.37. The molecule has 2 aromatic rings. The van der Waals surface area contributed by atoms with Gasteiger partial charge in [-0.3, -0.25) is 0 Å². The standard InChI is InChI=1S/C16H15BrCl2/c1-10-3-4-11(2)13(7-10)8-14(17)12-5-6-15(18)16(19)9-12/h3-7,9,14H,8H2,1-2H3. The van der Waals surface area contributed by atoms with Crippen LogP contribution in [0, 0.1) is 13.8 Å². The highest BCUT2D eigenvalue weighted by atomic mass is 79.9. The van der Waals surface area contributed by atoms with Crippen molar-refractivity contribution in [2.45, 2.75) is 25.1 Å². The molecule has 0 fully saturated rings. The molecule has 0 heterocycles. The molecule has 0 saturated heterocycles. The highest BCUT2D eigenvalue weighted by molar-refractivity contribution is 9.09. The van der Waals surface area contributed by atoms with E-state index in [9.17, 15) is 0 Å². The molecule has 0 bridgehead atoms. The Kier molecular flexibility index (Phi) is 4.94. The van der Waals surface area contributed by atoms with E-state index in [1.54, 1.807) is 0 Å². The summed E-state index contributed by atoms with van der Waals surface area (Å²) in [6.45, 7) is 4.26. The average molecular weight is 358 g/mol. The van der Waals surface area contributed by atoms with E-state index in [0.29, 0.717) is 10.0 Å². The molecule has 0 amide bonds. The van der Waals surface area contributed by atoms with Crippen LogP contribution in [-0.4, -0.2) is 0 Å². The Morgan fingerprint density at radius 1 is 1.00 bits per heavy atom. The summed E-state index contributed by atoms with van der Waals surface area (Å²) < 4.78 is 0. The lowest BCUT2D eigenvalue weighted by Gasteiger charge is -2.14. The fraction of sp³-hybridized carbons (Fsp3) is 0.250. The second-order valence-electron chi connectivity index (χ2n) is 4.78. The number of benzene rings is 2. The van der Waals surface area contributed by atoms with Crippen molar-refractivity contribution in [3.05, 3.63) is 68.7 Å². The van der Waals surface area contributed by atoms with Crippen molar-refractivity contribution in [2.24, 2.45) is 0 Å². The predicted octanol–water partition coefficient (Wildman–Crippen LogP) is 6.29. The van der Waals surface area contributed by atoms with Gasteiger partial charge in [-0.15, -0.1) is 0 Å². The molecule has 19 heavy (non-hydrogen) atoms. The SMILES string of the molecule is Cc1ccc(C)c(CC(Br)c2ccc(Cl)c(Cl)c2)c1. The second kappa shape index (κ2) is 6.30. The largest absolute Gasteiger partial charge is 0.0835 e. The Hall–Kier alpha value is -0.500. The van der Waals surface area contributed by atoms with Crippen LogP contribution in [0.15, 0.2) is 36.4 Å². The molecule has 0 radical (unpaired) electrons. The van der Waals surface area contributed by atoms with E-state index in [0.717, 1.165) is 12.0 Å². The zero-order chi connectivity index (χ0) is 14.0. The van der Waals surface area contributed by atoms with E-state index in [-0.39, 0.29) is 4.83 Å². The number of aryl methyl sites for hydroxylation is 2. The lowest BCUT2D eigenvalue weighted by Crippen LogP contribution is -1.98. The zero-order valence-electron chi connectivity index (χ0n) is 10.9. The van der Waals surface area contributed by atoms with Gasteiger partial charge in [-0.25, -0.2) is 0 Å². The first kappa shape index (κ1) is 14.9. The second-order valence-corrected chi connectivity index (χ2v) is 6.69. The molecule has 100 valence electrons. The lowest BCUT2D eigenvalue weighted by atomic mass is 9.99. The van der Waals surface area contributed by atoms with Crippen molar-refractivity contribution in [1.82, 2.24) is 0 Å². The summed E-state index contributed by atoms with van der Waals surface area (Å²) in [7, 11) is 0. The topological polar surface area (TPSA) is 0 Å². The molecule has 0 aliphatic carbocycles. The summed E-state index contributed by atoms with van der Waals surface area (Å²) in [6, 6.07) is 12.3. The van der Waals surface area contributed by atoms with E-state index < -0.39 is 0 Å². The highest BCUT2D eigenvalue weighted by Gasteiger charge is 2.11. The molecule has 0 spiro atoms. The fourth-order valence-electron chi connectivity index (χ4n) is 2.04. The van der Waals surface area contributed by atoms with Crippen LogP contribution in [-0.2, 0) is 6.42 Å². The van der Waals surface area contributed by atoms with Gasteiger partial charge in [0.05, 0.1) is 10.0 Å².